The number of halogens is 1. The molecule has 0 saturated heterocycles. The summed E-state index contributed by atoms with van der Waals surface area (Å²) in [7, 11) is -0.507. The lowest BCUT2D eigenvalue weighted by molar-refractivity contribution is -0.114. The van der Waals surface area contributed by atoms with Crippen molar-refractivity contribution in [2.24, 2.45) is 0 Å². The van der Waals surface area contributed by atoms with Crippen LogP contribution in [0.1, 0.15) is 46.2 Å². The molecule has 1 aliphatic rings. The first kappa shape index (κ1) is 22.5. The molecule has 0 aromatic heterocycles. The molecule has 8 heteroatoms. The molecule has 28 heavy (non-hydrogen) atoms. The van der Waals surface area contributed by atoms with E-state index in [1.165, 1.54) is 6.92 Å². The maximum absolute atomic E-state index is 12.2. The molecule has 1 atom stereocenters. The van der Waals surface area contributed by atoms with Gasteiger partial charge in [-0.2, -0.15) is 0 Å². The average molecular weight is 469 g/mol. The van der Waals surface area contributed by atoms with E-state index in [9.17, 15) is 9.59 Å². The molecule has 0 bridgehead atoms. The van der Waals surface area contributed by atoms with E-state index in [1.807, 2.05) is 12.1 Å². The molecule has 1 unspecified atom stereocenters. The zero-order valence-corrected chi connectivity index (χ0v) is 20.3. The molecule has 154 valence electrons. The van der Waals surface area contributed by atoms with E-state index < -0.39 is 14.4 Å². The number of nitrogens with one attached hydrogen (secondary N) is 2. The van der Waals surface area contributed by atoms with Crippen molar-refractivity contribution in [2.75, 3.05) is 7.11 Å². The van der Waals surface area contributed by atoms with Gasteiger partial charge < -0.3 is 19.8 Å². The van der Waals surface area contributed by atoms with Crippen LogP contribution in [-0.4, -0.2) is 27.2 Å². The molecule has 1 aromatic rings. The van der Waals surface area contributed by atoms with Gasteiger partial charge in [0.15, 0.2) is 17.3 Å². The molecule has 0 saturated carbocycles. The Hall–Kier alpha value is -1.80. The molecule has 6 nitrogen and oxygen atoms in total. The normalized spacial score (nSPS) is 17.8. The lowest BCUT2D eigenvalue weighted by atomic mass is 9.93. The SMILES string of the molecule is COc1cc(C2NC(=O)NC(C)=C2C(C)=O)cc(Br)c1O[Si](C)(C)C(C)(C)C. The molecule has 1 aromatic carbocycles. The van der Waals surface area contributed by atoms with E-state index in [1.54, 1.807) is 14.0 Å². The number of rotatable bonds is 5. The van der Waals surface area contributed by atoms with Crippen molar-refractivity contribution in [2.45, 2.75) is 58.8 Å². The molecular weight excluding hydrogens is 440 g/mol. The lowest BCUT2D eigenvalue weighted by Crippen LogP contribution is -2.45. The number of carbonyl (C=O) groups excluding carboxylic acids is 2. The largest absolute Gasteiger partial charge is 0.540 e. The number of allylic oxidation sites excluding steroid dienone is 1. The Kier molecular flexibility index (Phi) is 6.35. The van der Waals surface area contributed by atoms with Crippen LogP contribution in [0.3, 0.4) is 0 Å². The highest BCUT2D eigenvalue weighted by molar-refractivity contribution is 9.10. The van der Waals surface area contributed by atoms with Gasteiger partial charge in [0.05, 0.1) is 17.6 Å². The molecule has 0 fully saturated rings. The number of hydrogen-bond donors (Lipinski definition) is 2. The van der Waals surface area contributed by atoms with Gasteiger partial charge >= 0.3 is 6.03 Å². The third kappa shape index (κ3) is 4.43. The van der Waals surface area contributed by atoms with Gasteiger partial charge in [0.25, 0.3) is 8.32 Å². The van der Waals surface area contributed by atoms with Crippen LogP contribution < -0.4 is 19.8 Å². The van der Waals surface area contributed by atoms with Crippen molar-refractivity contribution in [3.63, 3.8) is 0 Å². The number of ether oxygens (including phenoxy) is 1. The van der Waals surface area contributed by atoms with Gasteiger partial charge in [0.2, 0.25) is 0 Å². The fraction of sp³-hybridized carbons (Fsp3) is 0.500. The number of hydrogen-bond acceptors (Lipinski definition) is 4. The Labute approximate surface area is 176 Å². The highest BCUT2D eigenvalue weighted by Gasteiger charge is 2.40. The summed E-state index contributed by atoms with van der Waals surface area (Å²) >= 11 is 3.60. The first-order valence-electron chi connectivity index (χ1n) is 9.14. The van der Waals surface area contributed by atoms with Gasteiger partial charge in [-0.25, -0.2) is 4.79 Å². The third-order valence-electron chi connectivity index (χ3n) is 5.40. The standard InChI is InChI=1S/C20H29BrN2O4Si/c1-11-16(12(2)24)17(23-19(25)22-11)13-9-14(21)18(15(10-13)26-6)27-28(7,8)20(3,4)5/h9-10,17H,1-8H3,(H2,22,23,25). The summed E-state index contributed by atoms with van der Waals surface area (Å²) in [5.74, 6) is 1.09. The predicted octanol–water partition coefficient (Wildman–Crippen LogP) is 5.06. The van der Waals surface area contributed by atoms with E-state index in [-0.39, 0.29) is 16.9 Å². The van der Waals surface area contributed by atoms with Crippen LogP contribution >= 0.6 is 15.9 Å². The van der Waals surface area contributed by atoms with Crippen molar-refractivity contribution in [1.82, 2.24) is 10.6 Å². The summed E-state index contributed by atoms with van der Waals surface area (Å²) in [6.45, 7) is 14.1. The maximum Gasteiger partial charge on any atom is 0.319 e. The topological polar surface area (TPSA) is 76.7 Å². The molecule has 0 spiro atoms. The number of ketones is 1. The fourth-order valence-electron chi connectivity index (χ4n) is 2.82. The van der Waals surface area contributed by atoms with Crippen molar-refractivity contribution in [3.8, 4) is 11.5 Å². The Morgan fingerprint density at radius 1 is 1.25 bits per heavy atom. The Morgan fingerprint density at radius 2 is 1.86 bits per heavy atom. The quantitative estimate of drug-likeness (QED) is 0.592. The predicted molar refractivity (Wildman–Crippen MR) is 116 cm³/mol. The monoisotopic (exact) mass is 468 g/mol. The summed E-state index contributed by atoms with van der Waals surface area (Å²) in [4.78, 5) is 24.2. The molecule has 1 aliphatic heterocycles. The van der Waals surface area contributed by atoms with Crippen LogP contribution in [0.25, 0.3) is 0 Å². The molecule has 0 aliphatic carbocycles. The summed E-state index contributed by atoms with van der Waals surface area (Å²) in [5.41, 5.74) is 1.82. The van der Waals surface area contributed by atoms with Crippen LogP contribution in [0.5, 0.6) is 11.5 Å². The molecule has 0 radical (unpaired) electrons. The minimum Gasteiger partial charge on any atom is -0.540 e. The van der Waals surface area contributed by atoms with Gasteiger partial charge in [-0.3, -0.25) is 4.79 Å². The van der Waals surface area contributed by atoms with E-state index in [2.05, 4.69) is 60.4 Å². The lowest BCUT2D eigenvalue weighted by Gasteiger charge is -2.37. The first-order chi connectivity index (χ1) is 12.8. The van der Waals surface area contributed by atoms with Crippen molar-refractivity contribution in [3.05, 3.63) is 33.4 Å². The van der Waals surface area contributed by atoms with Gasteiger partial charge in [0.1, 0.15) is 0 Å². The molecular formula is C20H29BrN2O4Si. The minimum absolute atomic E-state index is 0.0286. The molecule has 2 amide bonds. The number of carbonyl (C=O) groups is 2. The van der Waals surface area contributed by atoms with Crippen LogP contribution in [0.4, 0.5) is 4.79 Å². The second-order valence-corrected chi connectivity index (χ2v) is 14.1. The van der Waals surface area contributed by atoms with Gasteiger partial charge in [0, 0.05) is 11.3 Å². The molecule has 2 N–H and O–H groups in total. The van der Waals surface area contributed by atoms with Crippen molar-refractivity contribution in [1.29, 1.82) is 0 Å². The Balaban J connectivity index is 2.55. The zero-order valence-electron chi connectivity index (χ0n) is 17.7. The summed E-state index contributed by atoms with van der Waals surface area (Å²) in [6, 6.07) is 2.79. The van der Waals surface area contributed by atoms with E-state index in [0.29, 0.717) is 22.8 Å². The molecule has 1 heterocycles. The Bertz CT molecular complexity index is 843. The zero-order chi connectivity index (χ0) is 21.4. The number of methoxy groups -OCH3 is 1. The van der Waals surface area contributed by atoms with Crippen LogP contribution in [-0.2, 0) is 4.79 Å². The van der Waals surface area contributed by atoms with E-state index in [0.717, 1.165) is 10.0 Å². The third-order valence-corrected chi connectivity index (χ3v) is 10.3. The highest BCUT2D eigenvalue weighted by Crippen LogP contribution is 2.45. The van der Waals surface area contributed by atoms with E-state index in [4.69, 9.17) is 9.16 Å². The number of amides is 2. The number of Topliss-reactive ketones (excluding diaryl/α,β-unsaturated/α-hetero) is 1. The first-order valence-corrected chi connectivity index (χ1v) is 12.8. The van der Waals surface area contributed by atoms with Crippen molar-refractivity contribution < 1.29 is 18.8 Å². The average Bonchev–Trinajstić information content (AvgIpc) is 2.54. The summed E-state index contributed by atoms with van der Waals surface area (Å²) in [5, 5.41) is 5.52. The summed E-state index contributed by atoms with van der Waals surface area (Å²) in [6.07, 6.45) is 0. The second kappa shape index (κ2) is 7.91. The van der Waals surface area contributed by atoms with E-state index >= 15 is 0 Å². The van der Waals surface area contributed by atoms with Gasteiger partial charge in [-0.1, -0.05) is 20.8 Å². The van der Waals surface area contributed by atoms with Crippen LogP contribution in [0, 0.1) is 0 Å². The van der Waals surface area contributed by atoms with Crippen LogP contribution in [0.2, 0.25) is 18.1 Å². The molecule has 2 rings (SSSR count). The smallest absolute Gasteiger partial charge is 0.319 e. The minimum atomic E-state index is -2.09. The van der Waals surface area contributed by atoms with Crippen molar-refractivity contribution >= 4 is 36.1 Å². The number of benzene rings is 1. The van der Waals surface area contributed by atoms with Gasteiger partial charge in [-0.15, -0.1) is 0 Å². The second-order valence-electron chi connectivity index (χ2n) is 8.52. The Morgan fingerprint density at radius 3 is 2.36 bits per heavy atom. The fourth-order valence-corrected chi connectivity index (χ4v) is 4.54. The highest BCUT2D eigenvalue weighted by atomic mass is 79.9. The number of urea groups is 1. The van der Waals surface area contributed by atoms with Crippen LogP contribution in [0.15, 0.2) is 27.9 Å². The maximum atomic E-state index is 12.2. The summed E-state index contributed by atoms with van der Waals surface area (Å²) < 4.78 is 12.8. The van der Waals surface area contributed by atoms with Gasteiger partial charge in [-0.05, 0) is 65.6 Å².